The van der Waals surface area contributed by atoms with Crippen molar-refractivity contribution >= 4 is 5.91 Å². The quantitative estimate of drug-likeness (QED) is 0.794. The molecule has 0 saturated heterocycles. The molecular weight excluding hydrogens is 304 g/mol. The van der Waals surface area contributed by atoms with Gasteiger partial charge in [0.05, 0.1) is 20.3 Å². The molecule has 0 spiro atoms. The molecule has 0 radical (unpaired) electrons. The topological polar surface area (TPSA) is 50.8 Å². The second kappa shape index (κ2) is 8.92. The molecule has 1 atom stereocenters. The molecule has 5 heteroatoms. The van der Waals surface area contributed by atoms with Gasteiger partial charge in [-0.1, -0.05) is 18.9 Å². The summed E-state index contributed by atoms with van der Waals surface area (Å²) in [7, 11) is 5.28. The fourth-order valence-corrected chi connectivity index (χ4v) is 3.13. The number of ether oxygens (including phenoxy) is 2. The third-order valence-electron chi connectivity index (χ3n) is 4.94. The van der Waals surface area contributed by atoms with Crippen molar-refractivity contribution in [3.05, 3.63) is 23.8 Å². The molecule has 5 nitrogen and oxygen atoms in total. The van der Waals surface area contributed by atoms with Crippen molar-refractivity contribution in [1.82, 2.24) is 10.2 Å². The maximum atomic E-state index is 12.3. The van der Waals surface area contributed by atoms with E-state index < -0.39 is 0 Å². The van der Waals surface area contributed by atoms with Crippen LogP contribution in [-0.2, 0) is 11.2 Å². The van der Waals surface area contributed by atoms with Crippen LogP contribution in [0.3, 0.4) is 0 Å². The molecule has 1 aliphatic rings. The van der Waals surface area contributed by atoms with Crippen LogP contribution in [0.5, 0.6) is 11.5 Å². The molecule has 134 valence electrons. The highest BCUT2D eigenvalue weighted by Gasteiger charge is 2.22. The van der Waals surface area contributed by atoms with Crippen LogP contribution >= 0.6 is 0 Å². The number of amides is 1. The Morgan fingerprint density at radius 1 is 1.25 bits per heavy atom. The van der Waals surface area contributed by atoms with Crippen molar-refractivity contribution in [2.24, 2.45) is 0 Å². The van der Waals surface area contributed by atoms with Crippen LogP contribution in [0.1, 0.15) is 38.2 Å². The molecule has 1 saturated carbocycles. The van der Waals surface area contributed by atoms with E-state index in [-0.39, 0.29) is 11.9 Å². The third kappa shape index (κ3) is 4.87. The van der Waals surface area contributed by atoms with E-state index in [1.807, 2.05) is 32.2 Å². The van der Waals surface area contributed by atoms with Gasteiger partial charge < -0.3 is 14.8 Å². The molecular formula is C19H30N2O3. The average Bonchev–Trinajstić information content (AvgIpc) is 3.11. The van der Waals surface area contributed by atoms with E-state index in [0.717, 1.165) is 37.3 Å². The molecule has 1 fully saturated rings. The molecule has 24 heavy (non-hydrogen) atoms. The van der Waals surface area contributed by atoms with Crippen LogP contribution in [0.25, 0.3) is 0 Å². The third-order valence-corrected chi connectivity index (χ3v) is 4.94. The van der Waals surface area contributed by atoms with E-state index in [9.17, 15) is 4.79 Å². The first kappa shape index (κ1) is 18.6. The van der Waals surface area contributed by atoms with Crippen molar-refractivity contribution < 1.29 is 14.3 Å². The highest BCUT2D eigenvalue weighted by Crippen LogP contribution is 2.27. The SMILES string of the molecule is COc1ccc(CCN(C)[C@H](C)C(=O)NC2CCCC2)cc1OC. The Morgan fingerprint density at radius 2 is 1.92 bits per heavy atom. The van der Waals surface area contributed by atoms with Gasteiger partial charge >= 0.3 is 0 Å². The van der Waals surface area contributed by atoms with Gasteiger partial charge in [-0.15, -0.1) is 0 Å². The minimum absolute atomic E-state index is 0.120. The van der Waals surface area contributed by atoms with Crippen molar-refractivity contribution in [1.29, 1.82) is 0 Å². The maximum Gasteiger partial charge on any atom is 0.237 e. The van der Waals surface area contributed by atoms with Crippen LogP contribution < -0.4 is 14.8 Å². The van der Waals surface area contributed by atoms with E-state index in [2.05, 4.69) is 10.2 Å². The first-order valence-electron chi connectivity index (χ1n) is 8.76. The minimum Gasteiger partial charge on any atom is -0.493 e. The fraction of sp³-hybridized carbons (Fsp3) is 0.632. The monoisotopic (exact) mass is 334 g/mol. The van der Waals surface area contributed by atoms with Gasteiger partial charge in [-0.2, -0.15) is 0 Å². The van der Waals surface area contributed by atoms with Crippen LogP contribution in [-0.4, -0.2) is 50.7 Å². The predicted molar refractivity (Wildman–Crippen MR) is 95.7 cm³/mol. The van der Waals surface area contributed by atoms with Gasteiger partial charge in [-0.25, -0.2) is 0 Å². The van der Waals surface area contributed by atoms with Crippen LogP contribution in [0.4, 0.5) is 0 Å². The van der Waals surface area contributed by atoms with Gasteiger partial charge in [-0.3, -0.25) is 9.69 Å². The summed E-state index contributed by atoms with van der Waals surface area (Å²) < 4.78 is 10.6. The van der Waals surface area contributed by atoms with Gasteiger partial charge in [0.2, 0.25) is 5.91 Å². The summed E-state index contributed by atoms with van der Waals surface area (Å²) in [5, 5.41) is 3.17. The summed E-state index contributed by atoms with van der Waals surface area (Å²) in [5.41, 5.74) is 1.17. The Labute approximate surface area is 145 Å². The number of hydrogen-bond acceptors (Lipinski definition) is 4. The Kier molecular flexibility index (Phi) is 6.91. The number of benzene rings is 1. The first-order chi connectivity index (χ1) is 11.5. The lowest BCUT2D eigenvalue weighted by molar-refractivity contribution is -0.126. The standard InChI is InChI=1S/C19H30N2O3/c1-14(19(22)20-16-7-5-6-8-16)21(2)12-11-15-9-10-17(23-3)18(13-15)24-4/h9-10,13-14,16H,5-8,11-12H2,1-4H3,(H,20,22)/t14-/m1/s1. The Hall–Kier alpha value is -1.75. The average molecular weight is 334 g/mol. The highest BCUT2D eigenvalue weighted by molar-refractivity contribution is 5.81. The van der Waals surface area contributed by atoms with E-state index in [1.54, 1.807) is 14.2 Å². The largest absolute Gasteiger partial charge is 0.493 e. The summed E-state index contributed by atoms with van der Waals surface area (Å²) in [6.45, 7) is 2.79. The van der Waals surface area contributed by atoms with E-state index in [1.165, 1.54) is 18.4 Å². The Morgan fingerprint density at radius 3 is 2.54 bits per heavy atom. The number of methoxy groups -OCH3 is 2. The van der Waals surface area contributed by atoms with E-state index >= 15 is 0 Å². The number of nitrogens with one attached hydrogen (secondary N) is 1. The maximum absolute atomic E-state index is 12.3. The molecule has 1 N–H and O–H groups in total. The molecule has 2 rings (SSSR count). The Balaban J connectivity index is 1.85. The normalized spacial score (nSPS) is 16.2. The lowest BCUT2D eigenvalue weighted by Crippen LogP contribution is -2.46. The van der Waals surface area contributed by atoms with Gasteiger partial charge in [0.15, 0.2) is 11.5 Å². The molecule has 1 aliphatic carbocycles. The van der Waals surface area contributed by atoms with Crippen molar-refractivity contribution in [2.45, 2.75) is 51.1 Å². The van der Waals surface area contributed by atoms with Gasteiger partial charge in [0.1, 0.15) is 0 Å². The number of carbonyl (C=O) groups excluding carboxylic acids is 1. The molecule has 0 aromatic heterocycles. The van der Waals surface area contributed by atoms with Crippen molar-refractivity contribution in [2.75, 3.05) is 27.8 Å². The summed E-state index contributed by atoms with van der Waals surface area (Å²) in [6.07, 6.45) is 5.56. The zero-order valence-corrected chi connectivity index (χ0v) is 15.3. The summed E-state index contributed by atoms with van der Waals surface area (Å²) in [4.78, 5) is 14.4. The smallest absolute Gasteiger partial charge is 0.237 e. The van der Waals surface area contributed by atoms with Gasteiger partial charge in [0, 0.05) is 12.6 Å². The second-order valence-corrected chi connectivity index (χ2v) is 6.59. The molecule has 0 bridgehead atoms. The van der Waals surface area contributed by atoms with Crippen molar-refractivity contribution in [3.8, 4) is 11.5 Å². The zero-order chi connectivity index (χ0) is 17.5. The zero-order valence-electron chi connectivity index (χ0n) is 15.3. The van der Waals surface area contributed by atoms with Crippen molar-refractivity contribution in [3.63, 3.8) is 0 Å². The molecule has 1 amide bonds. The predicted octanol–water partition coefficient (Wildman–Crippen LogP) is 2.63. The van der Waals surface area contributed by atoms with Crippen LogP contribution in [0, 0.1) is 0 Å². The highest BCUT2D eigenvalue weighted by atomic mass is 16.5. The number of rotatable bonds is 8. The Bertz CT molecular complexity index is 541. The first-order valence-corrected chi connectivity index (χ1v) is 8.76. The number of likely N-dealkylation sites (N-methyl/N-ethyl adjacent to an activating group) is 1. The van der Waals surface area contributed by atoms with E-state index in [4.69, 9.17) is 9.47 Å². The van der Waals surface area contributed by atoms with E-state index in [0.29, 0.717) is 6.04 Å². The summed E-state index contributed by atoms with van der Waals surface area (Å²) in [5.74, 6) is 1.61. The molecule has 1 aromatic carbocycles. The van der Waals surface area contributed by atoms with Crippen LogP contribution in [0.2, 0.25) is 0 Å². The second-order valence-electron chi connectivity index (χ2n) is 6.59. The lowest BCUT2D eigenvalue weighted by atomic mass is 10.1. The van der Waals surface area contributed by atoms with Crippen LogP contribution in [0.15, 0.2) is 18.2 Å². The summed E-state index contributed by atoms with van der Waals surface area (Å²) in [6, 6.07) is 6.21. The fourth-order valence-electron chi connectivity index (χ4n) is 3.13. The number of carbonyl (C=O) groups is 1. The summed E-state index contributed by atoms with van der Waals surface area (Å²) >= 11 is 0. The van der Waals surface area contributed by atoms with Gasteiger partial charge in [-0.05, 0) is 50.9 Å². The number of nitrogens with zero attached hydrogens (tertiary/aromatic N) is 1. The number of hydrogen-bond donors (Lipinski definition) is 1. The molecule has 0 aliphatic heterocycles. The molecule has 0 heterocycles. The minimum atomic E-state index is -0.120. The van der Waals surface area contributed by atoms with Gasteiger partial charge in [0.25, 0.3) is 0 Å². The lowest BCUT2D eigenvalue weighted by Gasteiger charge is -2.25. The molecule has 0 unspecified atom stereocenters. The molecule has 1 aromatic rings.